The van der Waals surface area contributed by atoms with E-state index >= 15 is 0 Å². The maximum atomic E-state index is 12.6. The quantitative estimate of drug-likeness (QED) is 0.783. The van der Waals surface area contributed by atoms with Crippen LogP contribution < -0.4 is 10.2 Å². The van der Waals surface area contributed by atoms with Crippen LogP contribution in [0.1, 0.15) is 23.2 Å². The van der Waals surface area contributed by atoms with E-state index in [1.807, 2.05) is 18.2 Å². The van der Waals surface area contributed by atoms with Gasteiger partial charge >= 0.3 is 0 Å². The molecule has 0 aliphatic carbocycles. The smallest absolute Gasteiger partial charge is 0.257 e. The molecule has 1 saturated heterocycles. The minimum atomic E-state index is -0.234. The third-order valence-electron chi connectivity index (χ3n) is 4.18. The van der Waals surface area contributed by atoms with E-state index in [0.717, 1.165) is 18.9 Å². The number of aromatic nitrogens is 5. The molecule has 1 N–H and O–H groups in total. The molecule has 1 fully saturated rings. The molecule has 1 aliphatic heterocycles. The summed E-state index contributed by atoms with van der Waals surface area (Å²) in [6, 6.07) is 11.0. The van der Waals surface area contributed by atoms with Gasteiger partial charge in [-0.15, -0.1) is 5.10 Å². The molecule has 1 amide bonds. The largest absolute Gasteiger partial charge is 0.357 e. The number of nitrogens with one attached hydrogen (secondary N) is 1. The van der Waals surface area contributed by atoms with Gasteiger partial charge < -0.3 is 10.2 Å². The second-order valence-corrected chi connectivity index (χ2v) is 5.82. The van der Waals surface area contributed by atoms with E-state index in [2.05, 4.69) is 30.7 Å². The maximum Gasteiger partial charge on any atom is 0.257 e. The summed E-state index contributed by atoms with van der Waals surface area (Å²) >= 11 is 0. The van der Waals surface area contributed by atoms with Crippen LogP contribution in [0.5, 0.6) is 0 Å². The molecule has 1 aliphatic rings. The number of carbonyl (C=O) groups is 1. The molecular formula is C17H17N7O. The van der Waals surface area contributed by atoms with E-state index in [-0.39, 0.29) is 5.91 Å². The lowest BCUT2D eigenvalue weighted by Crippen LogP contribution is -2.19. The van der Waals surface area contributed by atoms with Crippen molar-refractivity contribution in [1.82, 2.24) is 25.2 Å². The Balaban J connectivity index is 1.53. The summed E-state index contributed by atoms with van der Waals surface area (Å²) in [5.41, 5.74) is 1.75. The SMILES string of the molecule is O=C(Nc1ccc(N2CCCC2)nc1)c1ccccc1-n1cnnn1. The van der Waals surface area contributed by atoms with Crippen molar-refractivity contribution in [2.45, 2.75) is 12.8 Å². The first kappa shape index (κ1) is 15.3. The highest BCUT2D eigenvalue weighted by atomic mass is 16.1. The molecule has 1 aromatic carbocycles. The van der Waals surface area contributed by atoms with Crippen molar-refractivity contribution in [1.29, 1.82) is 0 Å². The summed E-state index contributed by atoms with van der Waals surface area (Å²) in [5, 5.41) is 14.0. The third-order valence-corrected chi connectivity index (χ3v) is 4.18. The molecule has 25 heavy (non-hydrogen) atoms. The number of anilines is 2. The van der Waals surface area contributed by atoms with Crippen LogP contribution in [0.4, 0.5) is 11.5 Å². The molecule has 2 aromatic heterocycles. The number of amides is 1. The second kappa shape index (κ2) is 6.68. The van der Waals surface area contributed by atoms with E-state index in [1.54, 1.807) is 24.4 Å². The normalized spacial score (nSPS) is 13.8. The van der Waals surface area contributed by atoms with Crippen molar-refractivity contribution in [2.75, 3.05) is 23.3 Å². The maximum absolute atomic E-state index is 12.6. The number of rotatable bonds is 4. The molecule has 0 unspecified atom stereocenters. The Bertz CT molecular complexity index is 855. The van der Waals surface area contributed by atoms with E-state index < -0.39 is 0 Å². The Morgan fingerprint density at radius 3 is 2.64 bits per heavy atom. The Labute approximate surface area is 144 Å². The van der Waals surface area contributed by atoms with Crippen LogP contribution in [0.3, 0.4) is 0 Å². The van der Waals surface area contributed by atoms with Gasteiger partial charge in [-0.25, -0.2) is 4.98 Å². The van der Waals surface area contributed by atoms with Crippen LogP contribution in [-0.4, -0.2) is 44.2 Å². The first-order chi connectivity index (χ1) is 12.3. The Morgan fingerprint density at radius 1 is 1.08 bits per heavy atom. The lowest BCUT2D eigenvalue weighted by molar-refractivity contribution is 0.102. The first-order valence-corrected chi connectivity index (χ1v) is 8.16. The van der Waals surface area contributed by atoms with Crippen LogP contribution in [-0.2, 0) is 0 Å². The Kier molecular flexibility index (Phi) is 4.07. The topological polar surface area (TPSA) is 88.8 Å². The summed E-state index contributed by atoms with van der Waals surface area (Å²) in [5.74, 6) is 0.714. The monoisotopic (exact) mass is 335 g/mol. The number of nitrogens with zero attached hydrogens (tertiary/aromatic N) is 6. The zero-order valence-corrected chi connectivity index (χ0v) is 13.5. The highest BCUT2D eigenvalue weighted by molar-refractivity contribution is 6.06. The van der Waals surface area contributed by atoms with E-state index in [4.69, 9.17) is 0 Å². The number of hydrogen-bond acceptors (Lipinski definition) is 6. The molecule has 8 nitrogen and oxygen atoms in total. The van der Waals surface area contributed by atoms with E-state index in [1.165, 1.54) is 23.9 Å². The molecule has 4 rings (SSSR count). The van der Waals surface area contributed by atoms with Crippen LogP contribution >= 0.6 is 0 Å². The molecule has 126 valence electrons. The van der Waals surface area contributed by atoms with Crippen molar-refractivity contribution < 1.29 is 4.79 Å². The Hall–Kier alpha value is -3.29. The number of tetrazole rings is 1. The van der Waals surface area contributed by atoms with Crippen molar-refractivity contribution in [3.8, 4) is 5.69 Å². The number of para-hydroxylation sites is 1. The molecule has 3 heterocycles. The minimum Gasteiger partial charge on any atom is -0.357 e. The summed E-state index contributed by atoms with van der Waals surface area (Å²) < 4.78 is 1.46. The summed E-state index contributed by atoms with van der Waals surface area (Å²) in [6.45, 7) is 2.08. The first-order valence-electron chi connectivity index (χ1n) is 8.16. The van der Waals surface area contributed by atoms with Gasteiger partial charge in [0.25, 0.3) is 5.91 Å². The van der Waals surface area contributed by atoms with Gasteiger partial charge in [-0.3, -0.25) is 4.79 Å². The van der Waals surface area contributed by atoms with Crippen LogP contribution in [0.15, 0.2) is 48.9 Å². The zero-order valence-electron chi connectivity index (χ0n) is 13.5. The fourth-order valence-corrected chi connectivity index (χ4v) is 2.93. The molecule has 8 heteroatoms. The van der Waals surface area contributed by atoms with Crippen molar-refractivity contribution in [3.05, 3.63) is 54.5 Å². The van der Waals surface area contributed by atoms with Gasteiger partial charge in [-0.05, 0) is 47.5 Å². The molecular weight excluding hydrogens is 318 g/mol. The minimum absolute atomic E-state index is 0.234. The predicted octanol–water partition coefficient (Wildman–Crippen LogP) is 1.91. The van der Waals surface area contributed by atoms with E-state index in [0.29, 0.717) is 16.9 Å². The lowest BCUT2D eigenvalue weighted by Gasteiger charge is -2.16. The molecule has 0 radical (unpaired) electrons. The molecule has 0 saturated carbocycles. The number of pyridine rings is 1. The summed E-state index contributed by atoms with van der Waals surface area (Å²) in [7, 11) is 0. The fourth-order valence-electron chi connectivity index (χ4n) is 2.93. The Morgan fingerprint density at radius 2 is 1.92 bits per heavy atom. The molecule has 0 spiro atoms. The highest BCUT2D eigenvalue weighted by Crippen LogP contribution is 2.20. The van der Waals surface area contributed by atoms with Gasteiger partial charge in [0.1, 0.15) is 12.1 Å². The van der Waals surface area contributed by atoms with Crippen molar-refractivity contribution in [3.63, 3.8) is 0 Å². The van der Waals surface area contributed by atoms with Crippen LogP contribution in [0, 0.1) is 0 Å². The van der Waals surface area contributed by atoms with Crippen molar-refractivity contribution >= 4 is 17.4 Å². The molecule has 3 aromatic rings. The van der Waals surface area contributed by atoms with Gasteiger partial charge in [0.05, 0.1) is 23.1 Å². The predicted molar refractivity (Wildman–Crippen MR) is 92.8 cm³/mol. The van der Waals surface area contributed by atoms with Gasteiger partial charge in [0.15, 0.2) is 0 Å². The molecule has 0 atom stereocenters. The number of carbonyl (C=O) groups excluding carboxylic acids is 1. The van der Waals surface area contributed by atoms with Crippen LogP contribution in [0.25, 0.3) is 5.69 Å². The number of hydrogen-bond donors (Lipinski definition) is 1. The van der Waals surface area contributed by atoms with Gasteiger partial charge in [0.2, 0.25) is 0 Å². The lowest BCUT2D eigenvalue weighted by atomic mass is 10.1. The average molecular weight is 335 g/mol. The van der Waals surface area contributed by atoms with Gasteiger partial charge in [-0.2, -0.15) is 4.68 Å². The van der Waals surface area contributed by atoms with Crippen molar-refractivity contribution in [2.24, 2.45) is 0 Å². The van der Waals surface area contributed by atoms with Gasteiger partial charge in [0, 0.05) is 13.1 Å². The average Bonchev–Trinajstić information content (AvgIpc) is 3.36. The summed E-state index contributed by atoms with van der Waals surface area (Å²) in [4.78, 5) is 19.3. The van der Waals surface area contributed by atoms with Crippen LogP contribution in [0.2, 0.25) is 0 Å². The second-order valence-electron chi connectivity index (χ2n) is 5.82. The molecule has 0 bridgehead atoms. The van der Waals surface area contributed by atoms with Gasteiger partial charge in [-0.1, -0.05) is 12.1 Å². The number of benzene rings is 1. The standard InChI is InChI=1S/C17H17N7O/c25-17(14-5-1-2-6-15(14)24-12-19-21-22-24)20-13-7-8-16(18-11-13)23-9-3-4-10-23/h1-2,5-8,11-12H,3-4,9-10H2,(H,20,25). The zero-order chi connectivity index (χ0) is 17.1. The fraction of sp³-hybridized carbons (Fsp3) is 0.235. The van der Waals surface area contributed by atoms with E-state index in [9.17, 15) is 4.79 Å². The summed E-state index contributed by atoms with van der Waals surface area (Å²) in [6.07, 6.45) is 5.55. The highest BCUT2D eigenvalue weighted by Gasteiger charge is 2.15. The third kappa shape index (κ3) is 3.18.